The summed E-state index contributed by atoms with van der Waals surface area (Å²) >= 11 is 5.95. The third-order valence-corrected chi connectivity index (χ3v) is 3.82. The summed E-state index contributed by atoms with van der Waals surface area (Å²) in [6, 6.07) is 0. The number of methoxy groups -OCH3 is 1. The Morgan fingerprint density at radius 2 is 2.25 bits per heavy atom. The molecule has 1 fully saturated rings. The molecule has 0 saturated heterocycles. The smallest absolute Gasteiger partial charge is 0.0574 e. The van der Waals surface area contributed by atoms with Crippen LogP contribution in [0.3, 0.4) is 0 Å². The van der Waals surface area contributed by atoms with Crippen LogP contribution in [-0.2, 0) is 4.74 Å². The third-order valence-electron chi connectivity index (χ3n) is 3.29. The molecule has 12 heavy (non-hydrogen) atoms. The van der Waals surface area contributed by atoms with Crippen LogP contribution in [0.15, 0.2) is 0 Å². The van der Waals surface area contributed by atoms with Gasteiger partial charge in [0.05, 0.1) is 6.10 Å². The van der Waals surface area contributed by atoms with Crippen molar-refractivity contribution in [3.63, 3.8) is 0 Å². The summed E-state index contributed by atoms with van der Waals surface area (Å²) in [5.41, 5.74) is 0.415. The van der Waals surface area contributed by atoms with Gasteiger partial charge in [0.15, 0.2) is 0 Å². The zero-order valence-corrected chi connectivity index (χ0v) is 9.03. The Balaban J connectivity index is 2.38. The second-order valence-electron chi connectivity index (χ2n) is 4.07. The number of rotatable bonds is 5. The van der Waals surface area contributed by atoms with Gasteiger partial charge in [-0.1, -0.05) is 13.8 Å². The number of hydrogen-bond donors (Lipinski definition) is 0. The predicted octanol–water partition coefficient (Wildman–Crippen LogP) is 3.07. The van der Waals surface area contributed by atoms with Crippen LogP contribution in [0.1, 0.15) is 33.1 Å². The third kappa shape index (κ3) is 1.94. The highest BCUT2D eigenvalue weighted by atomic mass is 35.5. The first-order valence-electron chi connectivity index (χ1n) is 4.77. The fourth-order valence-corrected chi connectivity index (χ4v) is 2.41. The van der Waals surface area contributed by atoms with E-state index in [4.69, 9.17) is 16.3 Å². The minimum Gasteiger partial charge on any atom is -0.381 e. The minimum atomic E-state index is 0.411. The second kappa shape index (κ2) is 3.97. The Labute approximate surface area is 80.4 Å². The van der Waals surface area contributed by atoms with Gasteiger partial charge in [-0.2, -0.15) is 0 Å². The topological polar surface area (TPSA) is 9.23 Å². The Morgan fingerprint density at radius 3 is 2.50 bits per heavy atom. The lowest BCUT2D eigenvalue weighted by atomic mass is 9.97. The van der Waals surface area contributed by atoms with E-state index in [9.17, 15) is 0 Å². The van der Waals surface area contributed by atoms with E-state index < -0.39 is 0 Å². The monoisotopic (exact) mass is 190 g/mol. The molecule has 0 aliphatic heterocycles. The summed E-state index contributed by atoms with van der Waals surface area (Å²) < 4.78 is 5.37. The molecule has 0 radical (unpaired) electrons. The highest BCUT2D eigenvalue weighted by molar-refractivity contribution is 6.18. The molecule has 0 bridgehead atoms. The van der Waals surface area contributed by atoms with Crippen LogP contribution in [-0.4, -0.2) is 19.1 Å². The van der Waals surface area contributed by atoms with E-state index in [0.29, 0.717) is 11.5 Å². The lowest BCUT2D eigenvalue weighted by Crippen LogP contribution is -2.18. The van der Waals surface area contributed by atoms with Crippen molar-refractivity contribution in [2.75, 3.05) is 13.0 Å². The molecule has 0 N–H and O–H groups in total. The van der Waals surface area contributed by atoms with E-state index in [2.05, 4.69) is 13.8 Å². The Hall–Kier alpha value is 0.250. The molecule has 1 aliphatic rings. The normalized spacial score (nSPS) is 36.5. The van der Waals surface area contributed by atoms with Crippen molar-refractivity contribution in [1.82, 2.24) is 0 Å². The van der Waals surface area contributed by atoms with Gasteiger partial charge >= 0.3 is 0 Å². The molecule has 1 nitrogen and oxygen atoms in total. The molecule has 0 aromatic heterocycles. The molecular formula is C10H19ClO. The molecule has 1 rings (SSSR count). The van der Waals surface area contributed by atoms with Gasteiger partial charge < -0.3 is 4.74 Å². The van der Waals surface area contributed by atoms with Crippen LogP contribution in [0.2, 0.25) is 0 Å². The standard InChI is InChI=1S/C10H19ClO/c1-4-9(12-3)6-10(7-11)5-8(10)2/h8-9H,4-7H2,1-3H3. The van der Waals surface area contributed by atoms with Crippen LogP contribution in [0.5, 0.6) is 0 Å². The van der Waals surface area contributed by atoms with E-state index in [1.165, 1.54) is 6.42 Å². The zero-order valence-electron chi connectivity index (χ0n) is 8.27. The van der Waals surface area contributed by atoms with Crippen molar-refractivity contribution in [3.05, 3.63) is 0 Å². The lowest BCUT2D eigenvalue weighted by molar-refractivity contribution is 0.0739. The van der Waals surface area contributed by atoms with Crippen LogP contribution in [0.25, 0.3) is 0 Å². The zero-order chi connectivity index (χ0) is 9.19. The molecule has 0 spiro atoms. The molecule has 0 aromatic rings. The van der Waals surface area contributed by atoms with Crippen LogP contribution in [0, 0.1) is 11.3 Å². The van der Waals surface area contributed by atoms with Crippen molar-refractivity contribution in [3.8, 4) is 0 Å². The summed E-state index contributed by atoms with van der Waals surface area (Å²) in [6.45, 7) is 4.45. The molecule has 3 unspecified atom stereocenters. The largest absolute Gasteiger partial charge is 0.381 e. The fourth-order valence-electron chi connectivity index (χ4n) is 1.92. The molecule has 1 saturated carbocycles. The predicted molar refractivity (Wildman–Crippen MR) is 52.6 cm³/mol. The first kappa shape index (κ1) is 10.3. The van der Waals surface area contributed by atoms with Crippen molar-refractivity contribution in [1.29, 1.82) is 0 Å². The van der Waals surface area contributed by atoms with Gasteiger partial charge in [-0.15, -0.1) is 11.6 Å². The molecule has 72 valence electrons. The second-order valence-corrected chi connectivity index (χ2v) is 4.34. The quantitative estimate of drug-likeness (QED) is 0.606. The van der Waals surface area contributed by atoms with Gasteiger partial charge in [-0.25, -0.2) is 0 Å². The molecule has 1 aliphatic carbocycles. The van der Waals surface area contributed by atoms with Gasteiger partial charge in [-0.3, -0.25) is 0 Å². The molecule has 0 heterocycles. The van der Waals surface area contributed by atoms with Gasteiger partial charge in [0.2, 0.25) is 0 Å². The first-order valence-corrected chi connectivity index (χ1v) is 5.30. The first-order chi connectivity index (χ1) is 5.68. The molecular weight excluding hydrogens is 172 g/mol. The average molecular weight is 191 g/mol. The van der Waals surface area contributed by atoms with Crippen molar-refractivity contribution in [2.24, 2.45) is 11.3 Å². The highest BCUT2D eigenvalue weighted by Gasteiger charge is 2.50. The number of ether oxygens (including phenoxy) is 1. The maximum Gasteiger partial charge on any atom is 0.0574 e. The Kier molecular flexibility index (Phi) is 3.42. The van der Waals surface area contributed by atoms with Crippen LogP contribution >= 0.6 is 11.6 Å². The number of hydrogen-bond acceptors (Lipinski definition) is 1. The summed E-state index contributed by atoms with van der Waals surface area (Å²) in [5.74, 6) is 1.60. The van der Waals surface area contributed by atoms with Gasteiger partial charge in [0, 0.05) is 13.0 Å². The Bertz CT molecular complexity index is 141. The van der Waals surface area contributed by atoms with E-state index in [0.717, 1.165) is 24.6 Å². The summed E-state index contributed by atoms with van der Waals surface area (Å²) in [6.07, 6.45) is 3.94. The maximum absolute atomic E-state index is 5.95. The SMILES string of the molecule is CCC(CC1(CCl)CC1C)OC. The molecule has 3 atom stereocenters. The summed E-state index contributed by atoms with van der Waals surface area (Å²) in [4.78, 5) is 0. The van der Waals surface area contributed by atoms with E-state index in [1.807, 2.05) is 0 Å². The minimum absolute atomic E-state index is 0.411. The number of halogens is 1. The van der Waals surface area contributed by atoms with Gasteiger partial charge in [0.25, 0.3) is 0 Å². The van der Waals surface area contributed by atoms with E-state index in [1.54, 1.807) is 7.11 Å². The average Bonchev–Trinajstić information content (AvgIpc) is 2.73. The molecule has 2 heteroatoms. The maximum atomic E-state index is 5.95. The van der Waals surface area contributed by atoms with Crippen molar-refractivity contribution in [2.45, 2.75) is 39.2 Å². The van der Waals surface area contributed by atoms with Gasteiger partial charge in [0.1, 0.15) is 0 Å². The molecule has 0 aromatic carbocycles. The number of alkyl halides is 1. The van der Waals surface area contributed by atoms with E-state index in [-0.39, 0.29) is 0 Å². The summed E-state index contributed by atoms with van der Waals surface area (Å²) in [7, 11) is 1.79. The van der Waals surface area contributed by atoms with Gasteiger partial charge in [-0.05, 0) is 30.6 Å². The lowest BCUT2D eigenvalue weighted by Gasteiger charge is -2.19. The summed E-state index contributed by atoms with van der Waals surface area (Å²) in [5, 5.41) is 0. The molecule has 0 amide bonds. The van der Waals surface area contributed by atoms with Crippen LogP contribution < -0.4 is 0 Å². The van der Waals surface area contributed by atoms with E-state index >= 15 is 0 Å². The van der Waals surface area contributed by atoms with Crippen LogP contribution in [0.4, 0.5) is 0 Å². The highest BCUT2D eigenvalue weighted by Crippen LogP contribution is 2.56. The fraction of sp³-hybridized carbons (Fsp3) is 1.00. The Morgan fingerprint density at radius 1 is 1.67 bits per heavy atom. The van der Waals surface area contributed by atoms with Crippen molar-refractivity contribution >= 4 is 11.6 Å². The van der Waals surface area contributed by atoms with Crippen molar-refractivity contribution < 1.29 is 4.74 Å².